The topological polar surface area (TPSA) is 50.8 Å². The summed E-state index contributed by atoms with van der Waals surface area (Å²) in [6.07, 6.45) is 3.37. The molecule has 20 heavy (non-hydrogen) atoms. The van der Waals surface area contributed by atoms with Crippen LogP contribution < -0.4 is 5.32 Å². The van der Waals surface area contributed by atoms with E-state index in [1.807, 2.05) is 6.92 Å². The number of likely N-dealkylation sites (tertiary alicyclic amines) is 1. The second-order valence-electron chi connectivity index (χ2n) is 5.69. The van der Waals surface area contributed by atoms with Crippen LogP contribution in [0, 0.1) is 0 Å². The van der Waals surface area contributed by atoms with Gasteiger partial charge in [-0.3, -0.25) is 4.79 Å². The van der Waals surface area contributed by atoms with E-state index in [0.29, 0.717) is 12.7 Å². The lowest BCUT2D eigenvalue weighted by molar-refractivity contribution is -0.146. The molecule has 5 nitrogen and oxygen atoms in total. The summed E-state index contributed by atoms with van der Waals surface area (Å²) in [7, 11) is 1.78. The van der Waals surface area contributed by atoms with Gasteiger partial charge in [-0.05, 0) is 26.2 Å². The molecule has 1 fully saturated rings. The molecular weight excluding hydrogens is 256 g/mol. The van der Waals surface area contributed by atoms with Crippen molar-refractivity contribution in [2.75, 3.05) is 33.4 Å². The second kappa shape index (κ2) is 9.32. The van der Waals surface area contributed by atoms with E-state index in [4.69, 9.17) is 9.47 Å². The molecule has 1 heterocycles. The van der Waals surface area contributed by atoms with Crippen molar-refractivity contribution in [3.05, 3.63) is 0 Å². The lowest BCUT2D eigenvalue weighted by Gasteiger charge is -2.32. The van der Waals surface area contributed by atoms with Gasteiger partial charge in [-0.2, -0.15) is 0 Å². The zero-order chi connectivity index (χ0) is 15.0. The molecule has 0 aromatic rings. The standard InChI is InChI=1S/C15H30N2O3/c1-5-20-15(18)14(16-12(2)3)8-11-17-9-6-13(19-4)7-10-17/h12-14,16H,5-11H2,1-4H3. The quantitative estimate of drug-likeness (QED) is 0.684. The van der Waals surface area contributed by atoms with Gasteiger partial charge in [-0.25, -0.2) is 0 Å². The Balaban J connectivity index is 2.36. The van der Waals surface area contributed by atoms with Crippen molar-refractivity contribution in [1.82, 2.24) is 10.2 Å². The van der Waals surface area contributed by atoms with Crippen LogP contribution in [0.4, 0.5) is 0 Å². The third-order valence-electron chi connectivity index (χ3n) is 3.71. The Bertz CT molecular complexity index is 276. The largest absolute Gasteiger partial charge is 0.465 e. The summed E-state index contributed by atoms with van der Waals surface area (Å²) >= 11 is 0. The number of piperidine rings is 1. The maximum atomic E-state index is 11.9. The Labute approximate surface area is 123 Å². The summed E-state index contributed by atoms with van der Waals surface area (Å²) < 4.78 is 10.5. The predicted molar refractivity (Wildman–Crippen MR) is 79.8 cm³/mol. The number of carbonyl (C=O) groups is 1. The zero-order valence-corrected chi connectivity index (χ0v) is 13.4. The average Bonchev–Trinajstić information content (AvgIpc) is 2.43. The first-order valence-electron chi connectivity index (χ1n) is 7.74. The van der Waals surface area contributed by atoms with Gasteiger partial charge in [0.25, 0.3) is 0 Å². The van der Waals surface area contributed by atoms with Gasteiger partial charge in [-0.15, -0.1) is 0 Å². The van der Waals surface area contributed by atoms with Gasteiger partial charge in [-0.1, -0.05) is 13.8 Å². The first-order valence-corrected chi connectivity index (χ1v) is 7.74. The van der Waals surface area contributed by atoms with E-state index in [-0.39, 0.29) is 18.1 Å². The SMILES string of the molecule is CCOC(=O)C(CCN1CCC(OC)CC1)NC(C)C. The van der Waals surface area contributed by atoms with Crippen LogP contribution in [0.25, 0.3) is 0 Å². The zero-order valence-electron chi connectivity index (χ0n) is 13.4. The van der Waals surface area contributed by atoms with Crippen LogP contribution in [-0.2, 0) is 14.3 Å². The Morgan fingerprint density at radius 1 is 1.35 bits per heavy atom. The smallest absolute Gasteiger partial charge is 0.323 e. The maximum Gasteiger partial charge on any atom is 0.323 e. The first kappa shape index (κ1) is 17.4. The van der Waals surface area contributed by atoms with Crippen molar-refractivity contribution in [3.63, 3.8) is 0 Å². The van der Waals surface area contributed by atoms with Crippen LogP contribution in [0.5, 0.6) is 0 Å². The highest BCUT2D eigenvalue weighted by molar-refractivity contribution is 5.75. The van der Waals surface area contributed by atoms with Gasteiger partial charge < -0.3 is 19.7 Å². The Morgan fingerprint density at radius 2 is 2.00 bits per heavy atom. The molecule has 0 saturated carbocycles. The Hall–Kier alpha value is -0.650. The molecule has 0 amide bonds. The van der Waals surface area contributed by atoms with Gasteiger partial charge in [0.2, 0.25) is 0 Å². The van der Waals surface area contributed by atoms with Crippen molar-refractivity contribution in [2.24, 2.45) is 0 Å². The maximum absolute atomic E-state index is 11.9. The summed E-state index contributed by atoms with van der Waals surface area (Å²) in [6.45, 7) is 9.42. The highest BCUT2D eigenvalue weighted by Crippen LogP contribution is 2.13. The number of nitrogens with one attached hydrogen (secondary N) is 1. The lowest BCUT2D eigenvalue weighted by Crippen LogP contribution is -2.45. The highest BCUT2D eigenvalue weighted by Gasteiger charge is 2.23. The number of carbonyl (C=O) groups excluding carboxylic acids is 1. The summed E-state index contributed by atoms with van der Waals surface area (Å²) in [5, 5.41) is 3.30. The molecule has 0 aromatic heterocycles. The molecule has 5 heteroatoms. The first-order chi connectivity index (χ1) is 9.56. The fourth-order valence-corrected chi connectivity index (χ4v) is 2.59. The molecule has 1 atom stereocenters. The average molecular weight is 286 g/mol. The van der Waals surface area contributed by atoms with Gasteiger partial charge in [0.1, 0.15) is 6.04 Å². The molecule has 0 aromatic carbocycles. The molecule has 0 aliphatic carbocycles. The Kier molecular flexibility index (Phi) is 8.11. The minimum Gasteiger partial charge on any atom is -0.465 e. The molecule has 1 unspecified atom stereocenters. The number of nitrogens with zero attached hydrogens (tertiary/aromatic N) is 1. The van der Waals surface area contributed by atoms with Crippen molar-refractivity contribution in [2.45, 2.75) is 58.2 Å². The molecule has 0 spiro atoms. The monoisotopic (exact) mass is 286 g/mol. The number of ether oxygens (including phenoxy) is 2. The number of hydrogen-bond acceptors (Lipinski definition) is 5. The molecule has 1 rings (SSSR count). The normalized spacial score (nSPS) is 19.2. The van der Waals surface area contributed by atoms with E-state index in [2.05, 4.69) is 24.1 Å². The Morgan fingerprint density at radius 3 is 2.50 bits per heavy atom. The molecule has 1 saturated heterocycles. The number of methoxy groups -OCH3 is 1. The summed E-state index contributed by atoms with van der Waals surface area (Å²) in [4.78, 5) is 14.3. The van der Waals surface area contributed by atoms with Crippen molar-refractivity contribution in [1.29, 1.82) is 0 Å². The van der Waals surface area contributed by atoms with Gasteiger partial charge >= 0.3 is 5.97 Å². The summed E-state index contributed by atoms with van der Waals surface area (Å²) in [5.74, 6) is -0.132. The predicted octanol–water partition coefficient (Wildman–Crippen LogP) is 1.42. The second-order valence-corrected chi connectivity index (χ2v) is 5.69. The minimum absolute atomic E-state index is 0.132. The van der Waals surface area contributed by atoms with Crippen LogP contribution >= 0.6 is 0 Å². The van der Waals surface area contributed by atoms with Crippen LogP contribution in [-0.4, -0.2) is 62.4 Å². The van der Waals surface area contributed by atoms with E-state index in [0.717, 1.165) is 38.9 Å². The van der Waals surface area contributed by atoms with Crippen molar-refractivity contribution < 1.29 is 14.3 Å². The summed E-state index contributed by atoms with van der Waals surface area (Å²) in [6, 6.07) is 0.0822. The van der Waals surface area contributed by atoms with E-state index < -0.39 is 0 Å². The van der Waals surface area contributed by atoms with E-state index in [1.54, 1.807) is 7.11 Å². The third kappa shape index (κ3) is 6.20. The molecule has 1 N–H and O–H groups in total. The fraction of sp³-hybridized carbons (Fsp3) is 0.933. The van der Waals surface area contributed by atoms with Crippen LogP contribution in [0.2, 0.25) is 0 Å². The van der Waals surface area contributed by atoms with E-state index >= 15 is 0 Å². The minimum atomic E-state index is -0.199. The molecular formula is C15H30N2O3. The van der Waals surface area contributed by atoms with Gasteiger partial charge in [0.15, 0.2) is 0 Å². The molecule has 1 aliphatic rings. The number of esters is 1. The van der Waals surface area contributed by atoms with Gasteiger partial charge in [0, 0.05) is 32.8 Å². The lowest BCUT2D eigenvalue weighted by atomic mass is 10.1. The number of hydrogen-bond donors (Lipinski definition) is 1. The van der Waals surface area contributed by atoms with Crippen LogP contribution in [0.3, 0.4) is 0 Å². The van der Waals surface area contributed by atoms with E-state index in [1.165, 1.54) is 0 Å². The van der Waals surface area contributed by atoms with E-state index in [9.17, 15) is 4.79 Å². The third-order valence-corrected chi connectivity index (χ3v) is 3.71. The molecule has 118 valence electrons. The highest BCUT2D eigenvalue weighted by atomic mass is 16.5. The van der Waals surface area contributed by atoms with Crippen LogP contribution in [0.15, 0.2) is 0 Å². The molecule has 1 aliphatic heterocycles. The van der Waals surface area contributed by atoms with Crippen LogP contribution in [0.1, 0.15) is 40.0 Å². The molecule has 0 radical (unpaired) electrons. The fourth-order valence-electron chi connectivity index (χ4n) is 2.59. The van der Waals surface area contributed by atoms with Crippen molar-refractivity contribution in [3.8, 4) is 0 Å². The number of rotatable bonds is 8. The molecule has 0 bridgehead atoms. The van der Waals surface area contributed by atoms with Crippen molar-refractivity contribution >= 4 is 5.97 Å². The summed E-state index contributed by atoms with van der Waals surface area (Å²) in [5.41, 5.74) is 0. The van der Waals surface area contributed by atoms with Gasteiger partial charge in [0.05, 0.1) is 12.7 Å².